The Morgan fingerprint density at radius 1 is 1.69 bits per heavy atom. The van der Waals surface area contributed by atoms with Crippen molar-refractivity contribution in [3.8, 4) is 0 Å². The van der Waals surface area contributed by atoms with E-state index in [1.165, 1.54) is 0 Å². The van der Waals surface area contributed by atoms with Crippen LogP contribution in [-0.2, 0) is 9.53 Å². The summed E-state index contributed by atoms with van der Waals surface area (Å²) in [7, 11) is 0. The van der Waals surface area contributed by atoms with Crippen LogP contribution in [0.2, 0.25) is 0 Å². The van der Waals surface area contributed by atoms with E-state index in [-0.39, 0.29) is 12.1 Å². The average molecular weight is 186 g/mol. The fourth-order valence-corrected chi connectivity index (χ4v) is 1.55. The summed E-state index contributed by atoms with van der Waals surface area (Å²) in [4.78, 5) is 13.2. The van der Waals surface area contributed by atoms with Crippen LogP contribution in [0.25, 0.3) is 0 Å². The van der Waals surface area contributed by atoms with Crippen molar-refractivity contribution >= 4 is 5.91 Å². The number of nitrogens with two attached hydrogens (primary N) is 1. The summed E-state index contributed by atoms with van der Waals surface area (Å²) in [6, 6.07) is 0. The van der Waals surface area contributed by atoms with Crippen molar-refractivity contribution in [2.24, 2.45) is 5.73 Å². The Morgan fingerprint density at radius 2 is 2.46 bits per heavy atom. The minimum absolute atomic E-state index is 0.0610. The Kier molecular flexibility index (Phi) is 4.18. The lowest BCUT2D eigenvalue weighted by atomic mass is 10.3. The SMILES string of the molecule is CCOCCC(=O)N1CCCC1N. The first kappa shape index (κ1) is 10.5. The zero-order valence-electron chi connectivity index (χ0n) is 8.16. The molecule has 0 aromatic heterocycles. The zero-order chi connectivity index (χ0) is 9.68. The van der Waals surface area contributed by atoms with E-state index in [0.717, 1.165) is 19.4 Å². The van der Waals surface area contributed by atoms with Crippen LogP contribution in [0.5, 0.6) is 0 Å². The number of ether oxygens (including phenoxy) is 1. The molecule has 0 aromatic rings. The van der Waals surface area contributed by atoms with E-state index in [9.17, 15) is 4.79 Å². The second-order valence-corrected chi connectivity index (χ2v) is 3.24. The lowest BCUT2D eigenvalue weighted by Gasteiger charge is -2.20. The van der Waals surface area contributed by atoms with Crippen LogP contribution >= 0.6 is 0 Å². The van der Waals surface area contributed by atoms with E-state index in [1.807, 2.05) is 6.92 Å². The van der Waals surface area contributed by atoms with Crippen LogP contribution in [0.1, 0.15) is 26.2 Å². The highest BCUT2D eigenvalue weighted by molar-refractivity contribution is 5.76. The second-order valence-electron chi connectivity index (χ2n) is 3.24. The molecule has 1 aliphatic heterocycles. The number of rotatable bonds is 4. The number of likely N-dealkylation sites (tertiary alicyclic amines) is 1. The lowest BCUT2D eigenvalue weighted by molar-refractivity contribution is -0.133. The molecule has 0 spiro atoms. The van der Waals surface area contributed by atoms with Crippen molar-refractivity contribution in [1.29, 1.82) is 0 Å². The summed E-state index contributed by atoms with van der Waals surface area (Å²) in [5.41, 5.74) is 5.75. The third kappa shape index (κ3) is 2.97. The number of amides is 1. The smallest absolute Gasteiger partial charge is 0.226 e. The first-order valence-electron chi connectivity index (χ1n) is 4.88. The molecular formula is C9H18N2O2. The van der Waals surface area contributed by atoms with E-state index in [0.29, 0.717) is 19.6 Å². The molecule has 76 valence electrons. The Balaban J connectivity index is 2.22. The van der Waals surface area contributed by atoms with Gasteiger partial charge in [-0.3, -0.25) is 4.79 Å². The molecule has 0 saturated carbocycles. The molecule has 0 aliphatic carbocycles. The van der Waals surface area contributed by atoms with Crippen molar-refractivity contribution < 1.29 is 9.53 Å². The van der Waals surface area contributed by atoms with Gasteiger partial charge in [0.15, 0.2) is 0 Å². The predicted octanol–water partition coefficient (Wildman–Crippen LogP) is 0.320. The molecule has 13 heavy (non-hydrogen) atoms. The molecule has 1 rings (SSSR count). The first-order valence-corrected chi connectivity index (χ1v) is 4.88. The molecule has 1 heterocycles. The van der Waals surface area contributed by atoms with Gasteiger partial charge in [-0.05, 0) is 19.8 Å². The van der Waals surface area contributed by atoms with Crippen LogP contribution in [0.3, 0.4) is 0 Å². The van der Waals surface area contributed by atoms with Crippen LogP contribution in [0.15, 0.2) is 0 Å². The normalized spacial score (nSPS) is 22.3. The highest BCUT2D eigenvalue weighted by atomic mass is 16.5. The van der Waals surface area contributed by atoms with Crippen LogP contribution in [0, 0.1) is 0 Å². The van der Waals surface area contributed by atoms with Crippen molar-refractivity contribution in [1.82, 2.24) is 4.90 Å². The molecule has 1 amide bonds. The van der Waals surface area contributed by atoms with Gasteiger partial charge in [-0.2, -0.15) is 0 Å². The Hall–Kier alpha value is -0.610. The maximum Gasteiger partial charge on any atom is 0.226 e. The topological polar surface area (TPSA) is 55.6 Å². The third-order valence-electron chi connectivity index (χ3n) is 2.28. The molecule has 4 heteroatoms. The van der Waals surface area contributed by atoms with Gasteiger partial charge >= 0.3 is 0 Å². The highest BCUT2D eigenvalue weighted by Crippen LogP contribution is 2.13. The monoisotopic (exact) mass is 186 g/mol. The fraction of sp³-hybridized carbons (Fsp3) is 0.889. The molecule has 2 N–H and O–H groups in total. The van der Waals surface area contributed by atoms with Gasteiger partial charge in [0.2, 0.25) is 5.91 Å². The Morgan fingerprint density at radius 3 is 3.00 bits per heavy atom. The summed E-state index contributed by atoms with van der Waals surface area (Å²) in [6.07, 6.45) is 2.36. The van der Waals surface area contributed by atoms with E-state index in [2.05, 4.69) is 0 Å². The molecule has 0 radical (unpaired) electrons. The Labute approximate surface area is 79.0 Å². The number of nitrogens with zero attached hydrogens (tertiary/aromatic N) is 1. The maximum absolute atomic E-state index is 11.5. The standard InChI is InChI=1S/C9H18N2O2/c1-2-13-7-5-9(12)11-6-3-4-8(11)10/h8H,2-7,10H2,1H3. The van der Waals surface area contributed by atoms with Crippen molar-refractivity contribution in [2.45, 2.75) is 32.4 Å². The lowest BCUT2D eigenvalue weighted by Crippen LogP contribution is -2.41. The van der Waals surface area contributed by atoms with Crippen LogP contribution in [0.4, 0.5) is 0 Å². The van der Waals surface area contributed by atoms with Gasteiger partial charge in [-0.25, -0.2) is 0 Å². The molecule has 0 bridgehead atoms. The van der Waals surface area contributed by atoms with Gasteiger partial charge in [-0.15, -0.1) is 0 Å². The number of hydrogen-bond donors (Lipinski definition) is 1. The number of carbonyl (C=O) groups is 1. The van der Waals surface area contributed by atoms with Crippen LogP contribution in [-0.4, -0.2) is 36.7 Å². The minimum Gasteiger partial charge on any atom is -0.381 e. The summed E-state index contributed by atoms with van der Waals surface area (Å²) in [6.45, 7) is 3.91. The van der Waals surface area contributed by atoms with Gasteiger partial charge in [0.25, 0.3) is 0 Å². The fourth-order valence-electron chi connectivity index (χ4n) is 1.55. The molecule has 1 aliphatic rings. The summed E-state index contributed by atoms with van der Waals surface area (Å²) >= 11 is 0. The number of carbonyl (C=O) groups excluding carboxylic acids is 1. The van der Waals surface area contributed by atoms with E-state index < -0.39 is 0 Å². The minimum atomic E-state index is -0.0610. The van der Waals surface area contributed by atoms with Gasteiger partial charge in [-0.1, -0.05) is 0 Å². The highest BCUT2D eigenvalue weighted by Gasteiger charge is 2.24. The van der Waals surface area contributed by atoms with Gasteiger partial charge in [0.05, 0.1) is 19.2 Å². The van der Waals surface area contributed by atoms with Gasteiger partial charge < -0.3 is 15.4 Å². The molecule has 1 fully saturated rings. The summed E-state index contributed by atoms with van der Waals surface area (Å²) < 4.78 is 5.11. The van der Waals surface area contributed by atoms with Crippen molar-refractivity contribution in [3.63, 3.8) is 0 Å². The molecule has 1 saturated heterocycles. The number of hydrogen-bond acceptors (Lipinski definition) is 3. The van der Waals surface area contributed by atoms with Crippen molar-refractivity contribution in [2.75, 3.05) is 19.8 Å². The molecular weight excluding hydrogens is 168 g/mol. The quantitative estimate of drug-likeness (QED) is 0.643. The molecule has 4 nitrogen and oxygen atoms in total. The Bertz CT molecular complexity index is 173. The molecule has 0 aromatic carbocycles. The van der Waals surface area contributed by atoms with E-state index in [1.54, 1.807) is 4.90 Å². The first-order chi connectivity index (χ1) is 6.25. The predicted molar refractivity (Wildman–Crippen MR) is 50.0 cm³/mol. The summed E-state index contributed by atoms with van der Waals surface area (Å²) in [5.74, 6) is 0.124. The third-order valence-corrected chi connectivity index (χ3v) is 2.28. The van der Waals surface area contributed by atoms with Crippen LogP contribution < -0.4 is 5.73 Å². The second kappa shape index (κ2) is 5.19. The molecule has 1 unspecified atom stereocenters. The van der Waals surface area contributed by atoms with E-state index in [4.69, 9.17) is 10.5 Å². The van der Waals surface area contributed by atoms with Gasteiger partial charge in [0, 0.05) is 13.2 Å². The largest absolute Gasteiger partial charge is 0.381 e. The summed E-state index contributed by atoms with van der Waals surface area (Å²) in [5, 5.41) is 0. The molecule has 1 atom stereocenters. The zero-order valence-corrected chi connectivity index (χ0v) is 8.16. The van der Waals surface area contributed by atoms with Crippen molar-refractivity contribution in [3.05, 3.63) is 0 Å². The van der Waals surface area contributed by atoms with Gasteiger partial charge in [0.1, 0.15) is 0 Å². The maximum atomic E-state index is 11.5. The average Bonchev–Trinajstić information content (AvgIpc) is 2.52. The van der Waals surface area contributed by atoms with E-state index >= 15 is 0 Å².